The molecule has 3 nitrogen and oxygen atoms in total. The van der Waals surface area contributed by atoms with Crippen LogP contribution in [0.1, 0.15) is 0 Å². The van der Waals surface area contributed by atoms with Crippen molar-refractivity contribution in [1.82, 2.24) is 0 Å². The van der Waals surface area contributed by atoms with Crippen LogP contribution in [0, 0.1) is 0 Å². The summed E-state index contributed by atoms with van der Waals surface area (Å²) in [5.74, 6) is -0.491. The Bertz CT molecular complexity index is 91.3. The van der Waals surface area contributed by atoms with E-state index < -0.39 is 5.97 Å². The molecule has 0 fully saturated rings. The van der Waals surface area contributed by atoms with Gasteiger partial charge < -0.3 is 0 Å². The van der Waals surface area contributed by atoms with Crippen LogP contribution in [0.4, 0.5) is 0 Å². The zero-order chi connectivity index (χ0) is 6.41. The van der Waals surface area contributed by atoms with Gasteiger partial charge in [0.25, 0.3) is 0 Å². The molecule has 0 amide bonds. The molecule has 0 aliphatic heterocycles. The first-order valence-electron chi connectivity index (χ1n) is 2.03. The average Bonchev–Trinajstić information content (AvgIpc) is 1.68. The van der Waals surface area contributed by atoms with Gasteiger partial charge in [-0.15, -0.1) is 0 Å². The van der Waals surface area contributed by atoms with Crippen LogP contribution in [-0.2, 0) is 14.3 Å². The van der Waals surface area contributed by atoms with E-state index in [2.05, 4.69) is 9.47 Å². The summed E-state index contributed by atoms with van der Waals surface area (Å²) in [6, 6.07) is 0. The third-order valence-electron chi connectivity index (χ3n) is 0.462. The summed E-state index contributed by atoms with van der Waals surface area (Å²) in [6.07, 6.45) is 0.821. The van der Waals surface area contributed by atoms with Crippen molar-refractivity contribution in [3.8, 4) is 0 Å². The first-order chi connectivity index (χ1) is 3.81. The molecule has 0 aliphatic rings. The number of hydrogen-bond donors (Lipinski definition) is 0. The van der Waals surface area contributed by atoms with Gasteiger partial charge in [-0.1, -0.05) is 0 Å². The van der Waals surface area contributed by atoms with Crippen molar-refractivity contribution in [1.29, 1.82) is 0 Å². The van der Waals surface area contributed by atoms with Gasteiger partial charge in [0.2, 0.25) is 0 Å². The molecule has 1 radical (unpaired) electrons. The van der Waals surface area contributed by atoms with E-state index >= 15 is 0 Å². The summed E-state index contributed by atoms with van der Waals surface area (Å²) in [4.78, 5) is 10.2. The maximum atomic E-state index is 10.2. The van der Waals surface area contributed by atoms with Crippen molar-refractivity contribution in [3.05, 3.63) is 0 Å². The fraction of sp³-hybridized carbons (Fsp3) is 0.500. The second-order valence-electron chi connectivity index (χ2n) is 1.06. The van der Waals surface area contributed by atoms with Crippen molar-refractivity contribution in [2.45, 2.75) is 0 Å². The first kappa shape index (κ1) is 7.36. The molecule has 43 valence electrons. The van der Waals surface area contributed by atoms with Crippen molar-refractivity contribution < 1.29 is 14.3 Å². The second kappa shape index (κ2) is 4.52. The zero-order valence-electron chi connectivity index (χ0n) is 4.59. The summed E-state index contributed by atoms with van der Waals surface area (Å²) in [7, 11) is 6.14. The van der Waals surface area contributed by atoms with Crippen LogP contribution in [0.25, 0.3) is 0 Å². The topological polar surface area (TPSA) is 35.5 Å². The molecule has 0 aromatic carbocycles. The number of ether oxygens (including phenoxy) is 2. The summed E-state index contributed by atoms with van der Waals surface area (Å²) >= 11 is 0. The van der Waals surface area contributed by atoms with Gasteiger partial charge in [-0.2, -0.15) is 0 Å². The molecular formula is C4H6BO3. The molecule has 0 saturated carbocycles. The number of carbonyl (C=O) groups is 1. The molecule has 0 spiro atoms. The summed E-state index contributed by atoms with van der Waals surface area (Å²) in [5, 5.41) is 0. The number of rotatable bonds is 3. The molecule has 4 heteroatoms. The van der Waals surface area contributed by atoms with Gasteiger partial charge in [-0.25, -0.2) is 0 Å². The van der Waals surface area contributed by atoms with Gasteiger partial charge in [0, 0.05) is 0 Å². The molecule has 0 unspecified atom stereocenters. The number of hydrogen-bond acceptors (Lipinski definition) is 3. The van der Waals surface area contributed by atoms with Gasteiger partial charge in [0.15, 0.2) is 0 Å². The predicted octanol–water partition coefficient (Wildman–Crippen LogP) is -0.896. The minimum absolute atomic E-state index is 0.0618. The Hall–Kier alpha value is -0.635. The van der Waals surface area contributed by atoms with E-state index in [9.17, 15) is 4.79 Å². The zero-order valence-corrected chi connectivity index (χ0v) is 4.59. The van der Waals surface area contributed by atoms with Crippen LogP contribution >= 0.6 is 0 Å². The Morgan fingerprint density at radius 3 is 2.88 bits per heavy atom. The Labute approximate surface area is 48.7 Å². The van der Waals surface area contributed by atoms with E-state index in [0.717, 1.165) is 6.15 Å². The Morgan fingerprint density at radius 2 is 2.50 bits per heavy atom. The molecule has 0 aliphatic carbocycles. The van der Waals surface area contributed by atoms with Crippen molar-refractivity contribution in [3.63, 3.8) is 0 Å². The van der Waals surface area contributed by atoms with E-state index in [0.29, 0.717) is 0 Å². The van der Waals surface area contributed by atoms with Gasteiger partial charge >= 0.3 is 47.6 Å². The van der Waals surface area contributed by atoms with Crippen molar-refractivity contribution in [2.75, 3.05) is 13.7 Å². The van der Waals surface area contributed by atoms with E-state index in [4.69, 9.17) is 7.49 Å². The van der Waals surface area contributed by atoms with Gasteiger partial charge in [0.05, 0.1) is 0 Å². The normalized spacial score (nSPS) is 8.00. The minimum atomic E-state index is -0.491. The van der Waals surface area contributed by atoms with E-state index in [1.165, 1.54) is 7.11 Å². The maximum absolute atomic E-state index is 10.2. The fourth-order valence-corrected chi connectivity index (χ4v) is 0.228. The molecule has 0 atom stereocenters. The molecule has 8 heavy (non-hydrogen) atoms. The predicted molar refractivity (Wildman–Crippen MR) is 29.8 cm³/mol. The van der Waals surface area contributed by atoms with Crippen molar-refractivity contribution >= 4 is 19.6 Å². The average molecular weight is 113 g/mol. The number of methoxy groups -OCH3 is 1. The third kappa shape index (κ3) is 3.55. The third-order valence-corrected chi connectivity index (χ3v) is 0.462. The van der Waals surface area contributed by atoms with Gasteiger partial charge in [-0.05, 0) is 0 Å². The van der Waals surface area contributed by atoms with Crippen LogP contribution in [0.15, 0.2) is 0 Å². The van der Waals surface area contributed by atoms with E-state index in [1.54, 1.807) is 0 Å². The van der Waals surface area contributed by atoms with Crippen LogP contribution < -0.4 is 0 Å². The first-order valence-corrected chi connectivity index (χ1v) is 2.03. The second-order valence-corrected chi connectivity index (χ2v) is 1.06. The standard InChI is InChI=1S/C4H6BO3/c1-7-2-4(6)8-3-5/h3H,2H2,1H3. The summed E-state index contributed by atoms with van der Waals surface area (Å²) < 4.78 is 8.58. The molecule has 0 N–H and O–H groups in total. The SMILES string of the molecule is [B]=COC(=O)COC. The number of esters is 1. The summed E-state index contributed by atoms with van der Waals surface area (Å²) in [5.41, 5.74) is 0. The van der Waals surface area contributed by atoms with Crippen LogP contribution in [0.3, 0.4) is 0 Å². The van der Waals surface area contributed by atoms with Gasteiger partial charge in [-0.3, -0.25) is 0 Å². The van der Waals surface area contributed by atoms with Crippen LogP contribution in [-0.4, -0.2) is 33.3 Å². The molecule has 0 bridgehead atoms. The fourth-order valence-electron chi connectivity index (χ4n) is 0.228. The summed E-state index contributed by atoms with van der Waals surface area (Å²) in [6.45, 7) is -0.0618. The molecule has 0 aromatic heterocycles. The van der Waals surface area contributed by atoms with E-state index in [1.807, 2.05) is 0 Å². The monoisotopic (exact) mass is 113 g/mol. The Balaban J connectivity index is 3.18. The van der Waals surface area contributed by atoms with Crippen LogP contribution in [0.2, 0.25) is 0 Å². The quantitative estimate of drug-likeness (QED) is 0.351. The molecule has 0 saturated heterocycles. The van der Waals surface area contributed by atoms with Crippen LogP contribution in [0.5, 0.6) is 0 Å². The van der Waals surface area contributed by atoms with Crippen molar-refractivity contribution in [2.24, 2.45) is 0 Å². The molecular weight excluding hydrogens is 107 g/mol. The molecule has 0 aromatic rings. The Kier molecular flexibility index (Phi) is 4.16. The van der Waals surface area contributed by atoms with E-state index in [-0.39, 0.29) is 6.61 Å². The molecule has 0 rings (SSSR count). The molecule has 0 heterocycles. The Morgan fingerprint density at radius 1 is 1.88 bits per heavy atom. The van der Waals surface area contributed by atoms with Gasteiger partial charge in [0.1, 0.15) is 0 Å². The number of carbonyl (C=O) groups excluding carboxylic acids is 1.